The molecule has 1 atom stereocenters. The highest BCUT2D eigenvalue weighted by Crippen LogP contribution is 2.15. The van der Waals surface area contributed by atoms with E-state index < -0.39 is 0 Å². The van der Waals surface area contributed by atoms with Crippen LogP contribution in [0.5, 0.6) is 0 Å². The first kappa shape index (κ1) is 18.0. The van der Waals surface area contributed by atoms with Gasteiger partial charge in [0.25, 0.3) is 0 Å². The molecule has 0 fully saturated rings. The number of aliphatic imine (C=N–C) groups is 1. The molecule has 0 radical (unpaired) electrons. The minimum atomic E-state index is 0.179. The van der Waals surface area contributed by atoms with Crippen LogP contribution in [0.4, 0.5) is 5.69 Å². The van der Waals surface area contributed by atoms with Crippen LogP contribution < -0.4 is 11.1 Å². The number of rotatable bonds is 5. The average Bonchev–Trinajstić information content (AvgIpc) is 2.48. The van der Waals surface area contributed by atoms with Crippen molar-refractivity contribution in [2.75, 3.05) is 5.73 Å². The summed E-state index contributed by atoms with van der Waals surface area (Å²) in [5, 5.41) is 3.35. The largest absolute Gasteiger partial charge is 0.399 e. The Balaban J connectivity index is 0.00000172. The Bertz CT molecular complexity index is 456. The molecule has 3 N–H and O–H groups in total. The lowest BCUT2D eigenvalue weighted by molar-refractivity contribution is 0.647. The summed E-state index contributed by atoms with van der Waals surface area (Å²) in [5.41, 5.74) is 8.51. The summed E-state index contributed by atoms with van der Waals surface area (Å²) in [4.78, 5) is 4.42. The van der Waals surface area contributed by atoms with Crippen LogP contribution in [0, 0.1) is 0 Å². The van der Waals surface area contributed by atoms with Crippen molar-refractivity contribution in [3.05, 3.63) is 54.4 Å². The fourth-order valence-corrected chi connectivity index (χ4v) is 1.51. The van der Waals surface area contributed by atoms with E-state index in [0.717, 1.165) is 17.2 Å². The molecule has 1 aromatic carbocycles. The van der Waals surface area contributed by atoms with Gasteiger partial charge in [-0.05, 0) is 50.6 Å². The summed E-state index contributed by atoms with van der Waals surface area (Å²) in [6.07, 6.45) is 3.68. The van der Waals surface area contributed by atoms with Crippen molar-refractivity contribution >= 4 is 11.4 Å². The number of nitrogen functional groups attached to an aromatic ring is 1. The molecule has 0 aliphatic heterocycles. The number of nitrogens with one attached hydrogen (secondary N) is 1. The van der Waals surface area contributed by atoms with Gasteiger partial charge in [-0.3, -0.25) is 0 Å². The Hall–Kier alpha value is -2.03. The molecule has 0 heterocycles. The fraction of sp³-hybridized carbons (Fsp3) is 0.353. The number of nitrogens with zero attached hydrogens (tertiary/aromatic N) is 1. The molecule has 1 unspecified atom stereocenters. The second kappa shape index (κ2) is 9.84. The standard InChI is InChI=1S/C15H21N3.C2H6/c1-5-11(3)17-15(6-2)18-12(4)13-7-9-14(16)10-8-13;1-2/h5-10,12,18H,1,16H2,2-4H3;1-2H3/b15-6+,17-11-;. The zero-order chi connectivity index (χ0) is 15.5. The lowest BCUT2D eigenvalue weighted by Gasteiger charge is -2.16. The predicted molar refractivity (Wildman–Crippen MR) is 90.8 cm³/mol. The van der Waals surface area contributed by atoms with E-state index in [9.17, 15) is 0 Å². The van der Waals surface area contributed by atoms with Crippen LogP contribution in [0.15, 0.2) is 53.8 Å². The molecule has 0 spiro atoms. The predicted octanol–water partition coefficient (Wildman–Crippen LogP) is 4.45. The van der Waals surface area contributed by atoms with Gasteiger partial charge in [-0.25, -0.2) is 4.99 Å². The Morgan fingerprint density at radius 2 is 1.85 bits per heavy atom. The molecule has 0 bridgehead atoms. The molecular formula is C17H27N3. The maximum absolute atomic E-state index is 5.67. The van der Waals surface area contributed by atoms with E-state index in [1.807, 2.05) is 58.0 Å². The molecule has 20 heavy (non-hydrogen) atoms. The Morgan fingerprint density at radius 3 is 2.30 bits per heavy atom. The zero-order valence-electron chi connectivity index (χ0n) is 13.3. The van der Waals surface area contributed by atoms with Crippen molar-refractivity contribution < 1.29 is 0 Å². The Morgan fingerprint density at radius 1 is 1.30 bits per heavy atom. The van der Waals surface area contributed by atoms with Crippen LogP contribution in [0.25, 0.3) is 0 Å². The van der Waals surface area contributed by atoms with Crippen LogP contribution in [-0.2, 0) is 0 Å². The van der Waals surface area contributed by atoms with E-state index >= 15 is 0 Å². The second-order valence-electron chi connectivity index (χ2n) is 4.16. The SMILES string of the molecule is C=C/C(C)=N\C(=C/C)NC(C)c1ccc(N)cc1.CC. The smallest absolute Gasteiger partial charge is 0.122 e. The Labute approximate surface area is 123 Å². The van der Waals surface area contributed by atoms with Crippen molar-refractivity contribution in [2.45, 2.75) is 40.7 Å². The highest BCUT2D eigenvalue weighted by atomic mass is 15.1. The third-order valence-electron chi connectivity index (χ3n) is 2.67. The van der Waals surface area contributed by atoms with Gasteiger partial charge in [0.05, 0.1) is 0 Å². The van der Waals surface area contributed by atoms with E-state index in [0.29, 0.717) is 0 Å². The lowest BCUT2D eigenvalue weighted by atomic mass is 10.1. The number of hydrogen-bond donors (Lipinski definition) is 2. The normalized spacial score (nSPS) is 13.1. The van der Waals surface area contributed by atoms with Crippen molar-refractivity contribution in [3.8, 4) is 0 Å². The van der Waals surface area contributed by atoms with Gasteiger partial charge in [0.1, 0.15) is 5.82 Å². The minimum absolute atomic E-state index is 0.179. The molecule has 0 saturated heterocycles. The molecule has 0 amide bonds. The molecule has 3 heteroatoms. The first-order valence-electron chi connectivity index (χ1n) is 7.02. The van der Waals surface area contributed by atoms with E-state index in [4.69, 9.17) is 5.73 Å². The topological polar surface area (TPSA) is 50.4 Å². The molecule has 0 aliphatic rings. The van der Waals surface area contributed by atoms with Gasteiger partial charge in [-0.2, -0.15) is 0 Å². The maximum Gasteiger partial charge on any atom is 0.122 e. The molecule has 1 rings (SSSR count). The molecule has 0 saturated carbocycles. The van der Waals surface area contributed by atoms with Crippen LogP contribution in [-0.4, -0.2) is 5.71 Å². The van der Waals surface area contributed by atoms with Crippen LogP contribution in [0.1, 0.15) is 46.2 Å². The summed E-state index contributed by atoms with van der Waals surface area (Å²) < 4.78 is 0. The van der Waals surface area contributed by atoms with E-state index in [1.54, 1.807) is 6.08 Å². The van der Waals surface area contributed by atoms with E-state index in [-0.39, 0.29) is 6.04 Å². The average molecular weight is 273 g/mol. The highest BCUT2D eigenvalue weighted by Gasteiger charge is 2.05. The minimum Gasteiger partial charge on any atom is -0.399 e. The first-order chi connectivity index (χ1) is 9.56. The summed E-state index contributed by atoms with van der Waals surface area (Å²) in [6.45, 7) is 13.7. The van der Waals surface area contributed by atoms with E-state index in [2.05, 4.69) is 23.8 Å². The van der Waals surface area contributed by atoms with Crippen molar-refractivity contribution in [1.29, 1.82) is 0 Å². The summed E-state index contributed by atoms with van der Waals surface area (Å²) in [7, 11) is 0. The van der Waals surface area contributed by atoms with E-state index in [1.165, 1.54) is 5.56 Å². The zero-order valence-corrected chi connectivity index (χ0v) is 13.3. The monoisotopic (exact) mass is 273 g/mol. The number of benzene rings is 1. The summed E-state index contributed by atoms with van der Waals surface area (Å²) in [5.74, 6) is 0.844. The molecule has 3 nitrogen and oxygen atoms in total. The van der Waals surface area contributed by atoms with Gasteiger partial charge in [-0.1, -0.05) is 32.6 Å². The van der Waals surface area contributed by atoms with Crippen molar-refractivity contribution in [3.63, 3.8) is 0 Å². The van der Waals surface area contributed by atoms with Crippen molar-refractivity contribution in [1.82, 2.24) is 5.32 Å². The summed E-state index contributed by atoms with van der Waals surface area (Å²) >= 11 is 0. The van der Waals surface area contributed by atoms with Gasteiger partial charge in [0, 0.05) is 17.4 Å². The molecule has 110 valence electrons. The van der Waals surface area contributed by atoms with Gasteiger partial charge in [-0.15, -0.1) is 0 Å². The third kappa shape index (κ3) is 6.23. The first-order valence-corrected chi connectivity index (χ1v) is 7.02. The number of hydrogen-bond acceptors (Lipinski definition) is 3. The van der Waals surface area contributed by atoms with Gasteiger partial charge < -0.3 is 11.1 Å². The Kier molecular flexibility index (Phi) is 8.84. The quantitative estimate of drug-likeness (QED) is 0.615. The fourth-order valence-electron chi connectivity index (χ4n) is 1.51. The van der Waals surface area contributed by atoms with Crippen LogP contribution in [0.2, 0.25) is 0 Å². The molecule has 1 aromatic rings. The molecule has 0 aliphatic carbocycles. The van der Waals surface area contributed by atoms with Crippen LogP contribution >= 0.6 is 0 Å². The number of nitrogens with two attached hydrogens (primary N) is 1. The van der Waals surface area contributed by atoms with Crippen molar-refractivity contribution in [2.24, 2.45) is 4.99 Å². The van der Waals surface area contributed by atoms with Gasteiger partial charge in [0.15, 0.2) is 0 Å². The lowest BCUT2D eigenvalue weighted by Crippen LogP contribution is -2.17. The number of allylic oxidation sites excluding steroid dienone is 2. The second-order valence-corrected chi connectivity index (χ2v) is 4.16. The summed E-state index contributed by atoms with van der Waals surface area (Å²) in [6, 6.07) is 8.02. The molecule has 0 aromatic heterocycles. The maximum atomic E-state index is 5.67. The third-order valence-corrected chi connectivity index (χ3v) is 2.67. The van der Waals surface area contributed by atoms with Gasteiger partial charge in [0.2, 0.25) is 0 Å². The molecular weight excluding hydrogens is 246 g/mol. The van der Waals surface area contributed by atoms with Gasteiger partial charge >= 0.3 is 0 Å². The number of anilines is 1. The van der Waals surface area contributed by atoms with Crippen LogP contribution in [0.3, 0.4) is 0 Å². The highest BCUT2D eigenvalue weighted by molar-refractivity contribution is 5.92.